The number of aliphatic carboxylic acids is 1. The highest BCUT2D eigenvalue weighted by molar-refractivity contribution is 6.06. The van der Waals surface area contributed by atoms with E-state index in [1.807, 2.05) is 6.92 Å². The molecular formula is C9H14N2O3. The molecule has 14 heavy (non-hydrogen) atoms. The van der Waals surface area contributed by atoms with Crippen LogP contribution in [0.3, 0.4) is 0 Å². The molecule has 0 saturated carbocycles. The average molecular weight is 198 g/mol. The van der Waals surface area contributed by atoms with E-state index in [0.717, 1.165) is 5.71 Å². The third-order valence-corrected chi connectivity index (χ3v) is 2.28. The van der Waals surface area contributed by atoms with Gasteiger partial charge in [-0.15, -0.1) is 0 Å². The highest BCUT2D eigenvalue weighted by Gasteiger charge is 2.32. The van der Waals surface area contributed by atoms with Gasteiger partial charge in [-0.05, 0) is 20.3 Å². The second kappa shape index (κ2) is 4.21. The van der Waals surface area contributed by atoms with Gasteiger partial charge in [-0.25, -0.2) is 5.01 Å². The Morgan fingerprint density at radius 3 is 2.71 bits per heavy atom. The Labute approximate surface area is 82.4 Å². The van der Waals surface area contributed by atoms with Gasteiger partial charge in [0.15, 0.2) is 0 Å². The summed E-state index contributed by atoms with van der Waals surface area (Å²) in [7, 11) is 0. The van der Waals surface area contributed by atoms with Crippen molar-refractivity contribution in [1.82, 2.24) is 5.01 Å². The van der Waals surface area contributed by atoms with Crippen LogP contribution in [0.25, 0.3) is 0 Å². The van der Waals surface area contributed by atoms with Crippen LogP contribution >= 0.6 is 0 Å². The monoisotopic (exact) mass is 198 g/mol. The number of hydrogen-bond acceptors (Lipinski definition) is 3. The maximum Gasteiger partial charge on any atom is 0.303 e. The summed E-state index contributed by atoms with van der Waals surface area (Å²) in [5.41, 5.74) is 0.720. The number of nitrogens with zero attached hydrogens (tertiary/aromatic N) is 2. The molecule has 0 spiro atoms. The molecule has 1 heterocycles. The minimum Gasteiger partial charge on any atom is -0.481 e. The zero-order valence-corrected chi connectivity index (χ0v) is 8.36. The van der Waals surface area contributed by atoms with E-state index in [-0.39, 0.29) is 18.2 Å². The minimum absolute atomic E-state index is 0.0147. The van der Waals surface area contributed by atoms with Crippen LogP contribution in [-0.2, 0) is 9.59 Å². The molecule has 0 saturated heterocycles. The summed E-state index contributed by atoms with van der Waals surface area (Å²) >= 11 is 0. The lowest BCUT2D eigenvalue weighted by molar-refractivity contribution is -0.137. The van der Waals surface area contributed by atoms with Crippen molar-refractivity contribution in [2.45, 2.75) is 26.7 Å². The summed E-state index contributed by atoms with van der Waals surface area (Å²) in [6.07, 6.45) is 0.362. The molecule has 1 atom stereocenters. The summed E-state index contributed by atoms with van der Waals surface area (Å²) in [5, 5.41) is 14.0. The fourth-order valence-electron chi connectivity index (χ4n) is 1.49. The van der Waals surface area contributed by atoms with Crippen molar-refractivity contribution in [2.24, 2.45) is 11.0 Å². The van der Waals surface area contributed by atoms with Crippen LogP contribution in [0.4, 0.5) is 0 Å². The molecule has 1 unspecified atom stereocenters. The highest BCUT2D eigenvalue weighted by atomic mass is 16.4. The second-order valence-electron chi connectivity index (χ2n) is 3.28. The zero-order chi connectivity index (χ0) is 10.7. The molecule has 0 bridgehead atoms. The first-order valence-corrected chi connectivity index (χ1v) is 4.64. The van der Waals surface area contributed by atoms with Gasteiger partial charge in [-0.1, -0.05) is 0 Å². The van der Waals surface area contributed by atoms with Crippen LogP contribution < -0.4 is 0 Å². The topological polar surface area (TPSA) is 70.0 Å². The van der Waals surface area contributed by atoms with Crippen LogP contribution in [0, 0.1) is 5.92 Å². The molecule has 1 amide bonds. The van der Waals surface area contributed by atoms with Crippen LogP contribution in [-0.4, -0.2) is 34.2 Å². The van der Waals surface area contributed by atoms with Crippen molar-refractivity contribution in [2.75, 3.05) is 6.54 Å². The normalized spacial score (nSPS) is 21.3. The molecule has 5 nitrogen and oxygen atoms in total. The Hall–Kier alpha value is -1.39. The number of hydrogen-bond donors (Lipinski definition) is 1. The van der Waals surface area contributed by atoms with Gasteiger partial charge in [0.2, 0.25) is 0 Å². The summed E-state index contributed by atoms with van der Waals surface area (Å²) in [5.74, 6) is -1.28. The molecule has 1 rings (SSSR count). The predicted octanol–water partition coefficient (Wildman–Crippen LogP) is 0.705. The lowest BCUT2D eigenvalue weighted by atomic mass is 9.99. The zero-order valence-electron chi connectivity index (χ0n) is 8.36. The molecule has 0 radical (unpaired) electrons. The standard InChI is InChI=1S/C9H14N2O3/c1-3-11-9(14)7(6(2)10-11)4-5-8(12)13/h7H,3-5H2,1-2H3,(H,12,13). The highest BCUT2D eigenvalue weighted by Crippen LogP contribution is 2.19. The van der Waals surface area contributed by atoms with Crippen molar-refractivity contribution < 1.29 is 14.7 Å². The first kappa shape index (κ1) is 10.7. The van der Waals surface area contributed by atoms with Crippen molar-refractivity contribution in [3.63, 3.8) is 0 Å². The summed E-state index contributed by atoms with van der Waals surface area (Å²) in [6.45, 7) is 4.15. The molecule has 0 fully saturated rings. The van der Waals surface area contributed by atoms with E-state index >= 15 is 0 Å². The maximum absolute atomic E-state index is 11.6. The number of carbonyl (C=O) groups is 2. The van der Waals surface area contributed by atoms with E-state index in [2.05, 4.69) is 5.10 Å². The van der Waals surface area contributed by atoms with Gasteiger partial charge in [-0.3, -0.25) is 9.59 Å². The Balaban J connectivity index is 2.59. The third-order valence-electron chi connectivity index (χ3n) is 2.28. The number of hydrazone groups is 1. The van der Waals surface area contributed by atoms with Crippen molar-refractivity contribution in [3.8, 4) is 0 Å². The van der Waals surface area contributed by atoms with E-state index in [9.17, 15) is 9.59 Å². The molecule has 1 aliphatic heterocycles. The molecule has 0 aromatic carbocycles. The number of carbonyl (C=O) groups excluding carboxylic acids is 1. The summed E-state index contributed by atoms with van der Waals surface area (Å²) in [4.78, 5) is 21.9. The van der Waals surface area contributed by atoms with Crippen molar-refractivity contribution >= 4 is 17.6 Å². The van der Waals surface area contributed by atoms with Gasteiger partial charge < -0.3 is 5.11 Å². The van der Waals surface area contributed by atoms with E-state index < -0.39 is 5.97 Å². The second-order valence-corrected chi connectivity index (χ2v) is 3.28. The average Bonchev–Trinajstić information content (AvgIpc) is 2.39. The van der Waals surface area contributed by atoms with Gasteiger partial charge in [0, 0.05) is 18.7 Å². The van der Waals surface area contributed by atoms with Gasteiger partial charge >= 0.3 is 5.97 Å². The smallest absolute Gasteiger partial charge is 0.303 e. The van der Waals surface area contributed by atoms with Gasteiger partial charge in [0.1, 0.15) is 0 Å². The molecule has 0 aromatic rings. The molecule has 0 aliphatic carbocycles. The van der Waals surface area contributed by atoms with E-state index in [1.54, 1.807) is 6.92 Å². The Kier molecular flexibility index (Phi) is 3.22. The number of carboxylic acid groups (broad SMARTS) is 1. The minimum atomic E-state index is -0.874. The van der Waals surface area contributed by atoms with Crippen LogP contribution in [0.2, 0.25) is 0 Å². The predicted molar refractivity (Wildman–Crippen MR) is 50.9 cm³/mol. The first-order chi connectivity index (χ1) is 6.56. The molecule has 0 aromatic heterocycles. The molecule has 78 valence electrons. The lowest BCUT2D eigenvalue weighted by Crippen LogP contribution is -2.27. The molecule has 5 heteroatoms. The number of carboxylic acids is 1. The third kappa shape index (κ3) is 2.10. The number of rotatable bonds is 4. The Bertz CT molecular complexity index is 286. The molecule has 1 N–H and O–H groups in total. The van der Waals surface area contributed by atoms with Crippen molar-refractivity contribution in [1.29, 1.82) is 0 Å². The maximum atomic E-state index is 11.6. The van der Waals surface area contributed by atoms with Gasteiger partial charge in [0.25, 0.3) is 5.91 Å². The van der Waals surface area contributed by atoms with E-state index in [0.29, 0.717) is 13.0 Å². The van der Waals surface area contributed by atoms with E-state index in [4.69, 9.17) is 5.11 Å². The summed E-state index contributed by atoms with van der Waals surface area (Å²) in [6, 6.07) is 0. The van der Waals surface area contributed by atoms with Gasteiger partial charge in [-0.2, -0.15) is 5.10 Å². The van der Waals surface area contributed by atoms with Crippen molar-refractivity contribution in [3.05, 3.63) is 0 Å². The largest absolute Gasteiger partial charge is 0.481 e. The Morgan fingerprint density at radius 2 is 2.29 bits per heavy atom. The SMILES string of the molecule is CCN1N=C(C)C(CCC(=O)O)C1=O. The van der Waals surface area contributed by atoms with E-state index in [1.165, 1.54) is 5.01 Å². The van der Waals surface area contributed by atoms with Gasteiger partial charge in [0.05, 0.1) is 5.92 Å². The number of amides is 1. The molecular weight excluding hydrogens is 184 g/mol. The fraction of sp³-hybridized carbons (Fsp3) is 0.667. The molecule has 1 aliphatic rings. The lowest BCUT2D eigenvalue weighted by Gasteiger charge is -2.10. The fourth-order valence-corrected chi connectivity index (χ4v) is 1.49. The summed E-state index contributed by atoms with van der Waals surface area (Å²) < 4.78 is 0. The van der Waals surface area contributed by atoms with Crippen LogP contribution in [0.15, 0.2) is 5.10 Å². The Morgan fingerprint density at radius 1 is 1.64 bits per heavy atom. The van der Waals surface area contributed by atoms with Crippen LogP contribution in [0.5, 0.6) is 0 Å². The van der Waals surface area contributed by atoms with Crippen LogP contribution in [0.1, 0.15) is 26.7 Å². The quantitative estimate of drug-likeness (QED) is 0.723. The first-order valence-electron chi connectivity index (χ1n) is 4.64.